The van der Waals surface area contributed by atoms with Gasteiger partial charge in [0.15, 0.2) is 6.61 Å². The summed E-state index contributed by atoms with van der Waals surface area (Å²) in [6.45, 7) is 3.34. The van der Waals surface area contributed by atoms with Crippen molar-refractivity contribution in [1.82, 2.24) is 4.90 Å². The standard InChI is InChI=1S/C28H28N2O5/c1-16-8-11-21(17(2)12-16)29-23(31)15-35-28(34)22(13-18-6-4-3-5-7-18)30-26(32)24-19-9-10-20(14-19)25(24)27(30)33/h3-12,19-20,22,24-25H,13-15H2,1-2H3,(H,29,31)/t19-,20-,22+,24-,25+/m0/s1. The Morgan fingerprint density at radius 1 is 1.00 bits per heavy atom. The number of aryl methyl sites for hydroxylation is 2. The first-order chi connectivity index (χ1) is 16.8. The van der Waals surface area contributed by atoms with Gasteiger partial charge in [-0.1, -0.05) is 60.2 Å². The number of carbonyl (C=O) groups is 4. The molecule has 7 heteroatoms. The zero-order valence-electron chi connectivity index (χ0n) is 19.8. The average Bonchev–Trinajstić information content (AvgIpc) is 3.52. The summed E-state index contributed by atoms with van der Waals surface area (Å²) < 4.78 is 5.36. The molecule has 5 atom stereocenters. The summed E-state index contributed by atoms with van der Waals surface area (Å²) in [7, 11) is 0. The van der Waals surface area contributed by atoms with Crippen LogP contribution in [0.15, 0.2) is 60.7 Å². The molecule has 1 saturated carbocycles. The second kappa shape index (κ2) is 9.13. The number of likely N-dealkylation sites (tertiary alicyclic amines) is 1. The van der Waals surface area contributed by atoms with Crippen LogP contribution < -0.4 is 5.32 Å². The summed E-state index contributed by atoms with van der Waals surface area (Å²) in [6.07, 6.45) is 4.98. The van der Waals surface area contributed by atoms with Crippen LogP contribution in [-0.4, -0.2) is 41.2 Å². The SMILES string of the molecule is Cc1ccc(NC(=O)COC(=O)[C@@H](Cc2ccccc2)N2C(=O)[C@@H]3[C@H](C2=O)[C@H]2C=C[C@H]3C2)c(C)c1. The Kier molecular flexibility index (Phi) is 6.01. The molecule has 1 heterocycles. The number of esters is 1. The van der Waals surface area contributed by atoms with Gasteiger partial charge in [0.05, 0.1) is 11.8 Å². The van der Waals surface area contributed by atoms with Gasteiger partial charge in [0, 0.05) is 12.1 Å². The summed E-state index contributed by atoms with van der Waals surface area (Å²) in [5.41, 5.74) is 3.41. The van der Waals surface area contributed by atoms with E-state index in [-0.39, 0.29) is 30.1 Å². The molecule has 1 aliphatic heterocycles. The van der Waals surface area contributed by atoms with Gasteiger partial charge < -0.3 is 10.1 Å². The Bertz CT molecular complexity index is 1190. The minimum Gasteiger partial charge on any atom is -0.454 e. The monoisotopic (exact) mass is 472 g/mol. The number of imide groups is 1. The van der Waals surface area contributed by atoms with Gasteiger partial charge in [-0.25, -0.2) is 4.79 Å². The molecule has 180 valence electrons. The van der Waals surface area contributed by atoms with E-state index in [0.29, 0.717) is 5.69 Å². The fraction of sp³-hybridized carbons (Fsp3) is 0.357. The van der Waals surface area contributed by atoms with Crippen LogP contribution in [0, 0.1) is 37.5 Å². The molecule has 0 aromatic heterocycles. The zero-order chi connectivity index (χ0) is 24.7. The van der Waals surface area contributed by atoms with Gasteiger partial charge in [0.1, 0.15) is 6.04 Å². The van der Waals surface area contributed by atoms with E-state index < -0.39 is 36.4 Å². The number of nitrogens with zero attached hydrogens (tertiary/aromatic N) is 1. The van der Waals surface area contributed by atoms with Crippen LogP contribution in [0.5, 0.6) is 0 Å². The molecular formula is C28H28N2O5. The highest BCUT2D eigenvalue weighted by Gasteiger charge is 2.61. The van der Waals surface area contributed by atoms with Crippen LogP contribution in [0.3, 0.4) is 0 Å². The van der Waals surface area contributed by atoms with Crippen molar-refractivity contribution in [2.24, 2.45) is 23.7 Å². The number of rotatable bonds is 7. The van der Waals surface area contributed by atoms with Gasteiger partial charge >= 0.3 is 5.97 Å². The zero-order valence-corrected chi connectivity index (χ0v) is 19.8. The molecule has 2 fully saturated rings. The predicted molar refractivity (Wildman–Crippen MR) is 129 cm³/mol. The van der Waals surface area contributed by atoms with Crippen molar-refractivity contribution < 1.29 is 23.9 Å². The summed E-state index contributed by atoms with van der Waals surface area (Å²) in [6, 6.07) is 13.7. The first-order valence-electron chi connectivity index (χ1n) is 12.0. The lowest BCUT2D eigenvalue weighted by atomic mass is 9.85. The van der Waals surface area contributed by atoms with E-state index >= 15 is 0 Å². The molecule has 5 rings (SSSR count). The van der Waals surface area contributed by atoms with Crippen molar-refractivity contribution in [3.8, 4) is 0 Å². The van der Waals surface area contributed by atoms with Crippen molar-refractivity contribution in [3.05, 3.63) is 77.4 Å². The second-order valence-corrected chi connectivity index (χ2v) is 9.73. The van der Waals surface area contributed by atoms with Crippen molar-refractivity contribution >= 4 is 29.4 Å². The van der Waals surface area contributed by atoms with Gasteiger partial charge in [-0.05, 0) is 49.3 Å². The Morgan fingerprint density at radius 2 is 1.66 bits per heavy atom. The molecule has 0 spiro atoms. The molecule has 7 nitrogen and oxygen atoms in total. The van der Waals surface area contributed by atoms with E-state index in [4.69, 9.17) is 4.74 Å². The van der Waals surface area contributed by atoms with Crippen LogP contribution in [0.1, 0.15) is 23.1 Å². The highest BCUT2D eigenvalue weighted by molar-refractivity contribution is 6.09. The van der Waals surface area contributed by atoms with Crippen molar-refractivity contribution in [3.63, 3.8) is 0 Å². The molecule has 3 amide bonds. The molecule has 3 aliphatic rings. The molecule has 2 aromatic rings. The van der Waals surface area contributed by atoms with Crippen LogP contribution in [0.4, 0.5) is 5.69 Å². The van der Waals surface area contributed by atoms with E-state index in [1.807, 2.05) is 68.5 Å². The number of benzene rings is 2. The molecule has 2 aromatic carbocycles. The highest BCUT2D eigenvalue weighted by atomic mass is 16.5. The highest BCUT2D eigenvalue weighted by Crippen LogP contribution is 2.53. The lowest BCUT2D eigenvalue weighted by molar-refractivity contribution is -0.160. The maximum atomic E-state index is 13.4. The molecule has 35 heavy (non-hydrogen) atoms. The fourth-order valence-electron chi connectivity index (χ4n) is 5.72. The molecule has 1 saturated heterocycles. The number of hydrogen-bond acceptors (Lipinski definition) is 5. The molecule has 2 bridgehead atoms. The molecule has 2 aliphatic carbocycles. The Labute approximate surface area is 204 Å². The van der Waals surface area contributed by atoms with E-state index in [1.54, 1.807) is 6.07 Å². The number of nitrogens with one attached hydrogen (secondary N) is 1. The van der Waals surface area contributed by atoms with Gasteiger partial charge in [0.2, 0.25) is 11.8 Å². The lowest BCUT2D eigenvalue weighted by Gasteiger charge is -2.26. The maximum Gasteiger partial charge on any atom is 0.330 e. The lowest BCUT2D eigenvalue weighted by Crippen LogP contribution is -2.48. The first kappa shape index (κ1) is 23.0. The fourth-order valence-corrected chi connectivity index (χ4v) is 5.72. The topological polar surface area (TPSA) is 92.8 Å². The maximum absolute atomic E-state index is 13.4. The van der Waals surface area contributed by atoms with E-state index in [2.05, 4.69) is 5.32 Å². The minimum absolute atomic E-state index is 0.0448. The Hall–Kier alpha value is -3.74. The van der Waals surface area contributed by atoms with E-state index in [0.717, 1.165) is 28.0 Å². The summed E-state index contributed by atoms with van der Waals surface area (Å²) >= 11 is 0. The van der Waals surface area contributed by atoms with Crippen LogP contribution in [0.2, 0.25) is 0 Å². The van der Waals surface area contributed by atoms with Crippen LogP contribution in [-0.2, 0) is 30.3 Å². The molecule has 0 radical (unpaired) electrons. The van der Waals surface area contributed by atoms with Gasteiger partial charge in [-0.3, -0.25) is 19.3 Å². The number of carbonyl (C=O) groups excluding carboxylic acids is 4. The third-order valence-electron chi connectivity index (χ3n) is 7.36. The van der Waals surface area contributed by atoms with Gasteiger partial charge in [0.25, 0.3) is 5.91 Å². The normalized spacial score (nSPS) is 25.0. The van der Waals surface area contributed by atoms with E-state index in [1.165, 1.54) is 0 Å². The smallest absolute Gasteiger partial charge is 0.330 e. The number of amides is 3. The second-order valence-electron chi connectivity index (χ2n) is 9.73. The third kappa shape index (κ3) is 4.27. The average molecular weight is 473 g/mol. The van der Waals surface area contributed by atoms with E-state index in [9.17, 15) is 19.2 Å². The minimum atomic E-state index is -1.11. The largest absolute Gasteiger partial charge is 0.454 e. The molecule has 0 unspecified atom stereocenters. The first-order valence-corrected chi connectivity index (χ1v) is 12.0. The van der Waals surface area contributed by atoms with Crippen LogP contribution in [0.25, 0.3) is 0 Å². The quantitative estimate of drug-likeness (QED) is 0.380. The Balaban J connectivity index is 1.32. The Morgan fingerprint density at radius 3 is 2.29 bits per heavy atom. The van der Waals surface area contributed by atoms with Crippen molar-refractivity contribution in [2.75, 3.05) is 11.9 Å². The number of ether oxygens (including phenoxy) is 1. The van der Waals surface area contributed by atoms with Crippen LogP contribution >= 0.6 is 0 Å². The van der Waals surface area contributed by atoms with Gasteiger partial charge in [-0.2, -0.15) is 0 Å². The molecular weight excluding hydrogens is 444 g/mol. The predicted octanol–water partition coefficient (Wildman–Crippen LogP) is 3.20. The summed E-state index contributed by atoms with van der Waals surface area (Å²) in [4.78, 5) is 53.5. The number of allylic oxidation sites excluding steroid dienone is 2. The van der Waals surface area contributed by atoms with Crippen molar-refractivity contribution in [2.45, 2.75) is 32.7 Å². The van der Waals surface area contributed by atoms with Crippen molar-refractivity contribution in [1.29, 1.82) is 0 Å². The molecule has 1 N–H and O–H groups in total. The van der Waals surface area contributed by atoms with Gasteiger partial charge in [-0.15, -0.1) is 0 Å². The summed E-state index contributed by atoms with van der Waals surface area (Å²) in [5.74, 6) is -2.59. The third-order valence-corrected chi connectivity index (χ3v) is 7.36. The summed E-state index contributed by atoms with van der Waals surface area (Å²) in [5, 5.41) is 2.75. The number of hydrogen-bond donors (Lipinski definition) is 1. The number of fused-ring (bicyclic) bond motifs is 5. The number of anilines is 1.